The number of hydrogen-bond donors (Lipinski definition) is 2. The lowest BCUT2D eigenvalue weighted by Crippen LogP contribution is -2.29. The van der Waals surface area contributed by atoms with E-state index in [1.54, 1.807) is 7.11 Å². The van der Waals surface area contributed by atoms with Crippen molar-refractivity contribution >= 4 is 0 Å². The average Bonchev–Trinajstić information content (AvgIpc) is 2.39. The summed E-state index contributed by atoms with van der Waals surface area (Å²) in [7, 11) is 1.73. The van der Waals surface area contributed by atoms with E-state index in [1.165, 1.54) is 11.1 Å². The Labute approximate surface area is 111 Å². The molecule has 0 spiro atoms. The molecule has 0 aliphatic heterocycles. The quantitative estimate of drug-likeness (QED) is 0.695. The molecule has 1 rings (SSSR count). The summed E-state index contributed by atoms with van der Waals surface area (Å²) in [6, 6.07) is 6.32. The topological polar surface area (TPSA) is 47.3 Å². The van der Waals surface area contributed by atoms with Crippen LogP contribution in [0.4, 0.5) is 0 Å². The summed E-state index contributed by atoms with van der Waals surface area (Å²) in [5.41, 5.74) is 8.23. The Morgan fingerprint density at radius 2 is 2.17 bits per heavy atom. The molecule has 0 amide bonds. The van der Waals surface area contributed by atoms with Gasteiger partial charge in [0.1, 0.15) is 5.75 Å². The average molecular weight is 250 g/mol. The van der Waals surface area contributed by atoms with Crippen LogP contribution in [-0.4, -0.2) is 26.7 Å². The molecule has 102 valence electrons. The van der Waals surface area contributed by atoms with Gasteiger partial charge in [-0.2, -0.15) is 0 Å². The Morgan fingerprint density at radius 1 is 1.39 bits per heavy atom. The van der Waals surface area contributed by atoms with Crippen LogP contribution in [0.3, 0.4) is 0 Å². The molecule has 3 nitrogen and oxygen atoms in total. The van der Waals surface area contributed by atoms with Gasteiger partial charge in [0.15, 0.2) is 0 Å². The molecule has 1 aromatic rings. The number of nitrogens with two attached hydrogens (primary N) is 1. The maximum absolute atomic E-state index is 5.68. The van der Waals surface area contributed by atoms with E-state index in [0.717, 1.165) is 38.2 Å². The minimum absolute atomic E-state index is 0.587. The Morgan fingerprint density at radius 3 is 2.78 bits per heavy atom. The van der Waals surface area contributed by atoms with Gasteiger partial charge in [-0.05, 0) is 50.5 Å². The molecule has 18 heavy (non-hydrogen) atoms. The first-order valence-electron chi connectivity index (χ1n) is 6.75. The lowest BCUT2D eigenvalue weighted by molar-refractivity contribution is 0.408. The molecule has 1 atom stereocenters. The van der Waals surface area contributed by atoms with E-state index in [-0.39, 0.29) is 0 Å². The van der Waals surface area contributed by atoms with E-state index < -0.39 is 0 Å². The van der Waals surface area contributed by atoms with Crippen LogP contribution in [0.15, 0.2) is 18.2 Å². The van der Waals surface area contributed by atoms with Crippen LogP contribution in [0.2, 0.25) is 0 Å². The van der Waals surface area contributed by atoms with Gasteiger partial charge in [0.05, 0.1) is 7.11 Å². The second-order valence-electron chi connectivity index (χ2n) is 4.78. The Bertz CT molecular complexity index is 348. The third-order valence-corrected chi connectivity index (χ3v) is 3.35. The lowest BCUT2D eigenvalue weighted by Gasteiger charge is -2.14. The first-order valence-corrected chi connectivity index (χ1v) is 6.75. The highest BCUT2D eigenvalue weighted by molar-refractivity contribution is 5.37. The number of benzene rings is 1. The molecule has 0 aliphatic rings. The molecule has 1 aromatic carbocycles. The summed E-state index contributed by atoms with van der Waals surface area (Å²) in [5.74, 6) is 1.57. The number of hydrogen-bond acceptors (Lipinski definition) is 3. The fourth-order valence-electron chi connectivity index (χ4n) is 2.03. The van der Waals surface area contributed by atoms with Crippen LogP contribution in [0, 0.1) is 12.8 Å². The zero-order chi connectivity index (χ0) is 13.4. The third-order valence-electron chi connectivity index (χ3n) is 3.35. The molecule has 0 bridgehead atoms. The van der Waals surface area contributed by atoms with E-state index in [4.69, 9.17) is 10.5 Å². The van der Waals surface area contributed by atoms with Crippen molar-refractivity contribution in [2.24, 2.45) is 11.7 Å². The maximum Gasteiger partial charge on any atom is 0.122 e. The highest BCUT2D eigenvalue weighted by Gasteiger charge is 2.05. The molecule has 3 N–H and O–H groups in total. The van der Waals surface area contributed by atoms with Crippen LogP contribution < -0.4 is 15.8 Å². The molecule has 1 unspecified atom stereocenters. The fourth-order valence-corrected chi connectivity index (χ4v) is 2.03. The van der Waals surface area contributed by atoms with E-state index in [1.807, 2.05) is 6.07 Å². The van der Waals surface area contributed by atoms with E-state index in [2.05, 4.69) is 31.3 Å². The molecule has 0 fully saturated rings. The van der Waals surface area contributed by atoms with Crippen molar-refractivity contribution in [1.82, 2.24) is 5.32 Å². The molecule has 0 aromatic heterocycles. The van der Waals surface area contributed by atoms with Crippen LogP contribution in [0.1, 0.15) is 24.5 Å². The van der Waals surface area contributed by atoms with Crippen LogP contribution in [0.5, 0.6) is 5.75 Å². The molecule has 0 saturated carbocycles. The minimum atomic E-state index is 0.587. The molecule has 0 saturated heterocycles. The standard InChI is InChI=1S/C15H26N2O/c1-4-13(10-16)11-17-8-7-14-9-12(2)5-6-15(14)18-3/h5-6,9,13,17H,4,7-8,10-11,16H2,1-3H3. The summed E-state index contributed by atoms with van der Waals surface area (Å²) in [6.45, 7) is 7.02. The Balaban J connectivity index is 2.41. The first-order chi connectivity index (χ1) is 8.71. The summed E-state index contributed by atoms with van der Waals surface area (Å²) in [5, 5.41) is 3.47. The van der Waals surface area contributed by atoms with Crippen LogP contribution >= 0.6 is 0 Å². The van der Waals surface area contributed by atoms with Gasteiger partial charge in [0.2, 0.25) is 0 Å². The van der Waals surface area contributed by atoms with E-state index in [0.29, 0.717) is 5.92 Å². The van der Waals surface area contributed by atoms with Crippen LogP contribution in [0.25, 0.3) is 0 Å². The number of aryl methyl sites for hydroxylation is 1. The highest BCUT2D eigenvalue weighted by Crippen LogP contribution is 2.19. The fraction of sp³-hybridized carbons (Fsp3) is 0.600. The predicted octanol–water partition coefficient (Wildman–Crippen LogP) is 2.12. The van der Waals surface area contributed by atoms with Gasteiger partial charge in [-0.25, -0.2) is 0 Å². The van der Waals surface area contributed by atoms with E-state index in [9.17, 15) is 0 Å². The third kappa shape index (κ3) is 4.67. The molecule has 0 radical (unpaired) electrons. The van der Waals surface area contributed by atoms with Crippen molar-refractivity contribution in [3.05, 3.63) is 29.3 Å². The normalized spacial score (nSPS) is 12.4. The second kappa shape index (κ2) is 8.11. The van der Waals surface area contributed by atoms with Gasteiger partial charge in [-0.15, -0.1) is 0 Å². The van der Waals surface area contributed by atoms with Crippen molar-refractivity contribution in [1.29, 1.82) is 0 Å². The van der Waals surface area contributed by atoms with Gasteiger partial charge in [0, 0.05) is 0 Å². The summed E-state index contributed by atoms with van der Waals surface area (Å²) in [6.07, 6.45) is 2.13. The highest BCUT2D eigenvalue weighted by atomic mass is 16.5. The Kier molecular flexibility index (Phi) is 6.76. The van der Waals surface area contributed by atoms with Crippen molar-refractivity contribution in [2.75, 3.05) is 26.7 Å². The summed E-state index contributed by atoms with van der Waals surface area (Å²) < 4.78 is 5.37. The number of methoxy groups -OCH3 is 1. The predicted molar refractivity (Wildman–Crippen MR) is 77.1 cm³/mol. The van der Waals surface area contributed by atoms with Gasteiger partial charge in [-0.1, -0.05) is 31.0 Å². The van der Waals surface area contributed by atoms with Crippen molar-refractivity contribution in [3.63, 3.8) is 0 Å². The van der Waals surface area contributed by atoms with Crippen molar-refractivity contribution in [3.8, 4) is 5.75 Å². The largest absolute Gasteiger partial charge is 0.496 e. The number of ether oxygens (including phenoxy) is 1. The Hall–Kier alpha value is -1.06. The zero-order valence-corrected chi connectivity index (χ0v) is 11.8. The van der Waals surface area contributed by atoms with Gasteiger partial charge in [-0.3, -0.25) is 0 Å². The maximum atomic E-state index is 5.68. The number of nitrogens with one attached hydrogen (secondary N) is 1. The second-order valence-corrected chi connectivity index (χ2v) is 4.78. The molecule has 0 aliphatic carbocycles. The SMILES string of the molecule is CCC(CN)CNCCc1cc(C)ccc1OC. The number of rotatable bonds is 8. The van der Waals surface area contributed by atoms with Gasteiger partial charge >= 0.3 is 0 Å². The van der Waals surface area contributed by atoms with Crippen molar-refractivity contribution in [2.45, 2.75) is 26.7 Å². The van der Waals surface area contributed by atoms with Crippen molar-refractivity contribution < 1.29 is 4.74 Å². The van der Waals surface area contributed by atoms with E-state index >= 15 is 0 Å². The summed E-state index contributed by atoms with van der Waals surface area (Å²) in [4.78, 5) is 0. The first kappa shape index (κ1) is 15.0. The van der Waals surface area contributed by atoms with Gasteiger partial charge < -0.3 is 15.8 Å². The molecular weight excluding hydrogens is 224 g/mol. The summed E-state index contributed by atoms with van der Waals surface area (Å²) >= 11 is 0. The lowest BCUT2D eigenvalue weighted by atomic mass is 10.1. The smallest absolute Gasteiger partial charge is 0.122 e. The van der Waals surface area contributed by atoms with Gasteiger partial charge in [0.25, 0.3) is 0 Å². The molecule has 0 heterocycles. The molecule has 3 heteroatoms. The minimum Gasteiger partial charge on any atom is -0.496 e. The monoisotopic (exact) mass is 250 g/mol. The molecular formula is C15H26N2O. The van der Waals surface area contributed by atoms with Crippen LogP contribution in [-0.2, 0) is 6.42 Å². The zero-order valence-electron chi connectivity index (χ0n) is 11.8.